The van der Waals surface area contributed by atoms with Gasteiger partial charge < -0.3 is 15.7 Å². The highest BCUT2D eigenvalue weighted by atomic mass is 35.5. The summed E-state index contributed by atoms with van der Waals surface area (Å²) in [6.45, 7) is 1.23. The van der Waals surface area contributed by atoms with Gasteiger partial charge in [0.25, 0.3) is 5.91 Å². The van der Waals surface area contributed by atoms with Gasteiger partial charge in [0, 0.05) is 52.3 Å². The molecule has 4 aromatic rings. The number of carbonyl (C=O) groups excluding carboxylic acids is 2. The number of aliphatic hydroxyl groups is 1. The second-order valence-electron chi connectivity index (χ2n) is 10.6. The Kier molecular flexibility index (Phi) is 11.8. The highest BCUT2D eigenvalue weighted by Gasteiger charge is 2.41. The maximum absolute atomic E-state index is 14.2. The maximum atomic E-state index is 14.2. The number of likely N-dealkylation sites (tertiary alicyclic amines) is 1. The van der Waals surface area contributed by atoms with Crippen LogP contribution in [-0.2, 0) is 17.8 Å². The van der Waals surface area contributed by atoms with Crippen molar-refractivity contribution in [2.45, 2.75) is 37.8 Å². The molecule has 1 aliphatic heterocycles. The molecule has 44 heavy (non-hydrogen) atoms. The highest BCUT2D eigenvalue weighted by molar-refractivity contribution is 7.18. The van der Waals surface area contributed by atoms with E-state index in [-0.39, 0.29) is 24.9 Å². The number of hydrogen-bond donors (Lipinski definition) is 3. The minimum Gasteiger partial charge on any atom is -0.396 e. The van der Waals surface area contributed by atoms with Gasteiger partial charge in [0.15, 0.2) is 0 Å². The molecule has 11 heteroatoms. The van der Waals surface area contributed by atoms with Crippen LogP contribution in [0, 0.1) is 0 Å². The molecule has 0 bridgehead atoms. The van der Waals surface area contributed by atoms with E-state index in [4.69, 9.17) is 40.5 Å². The third-order valence-electron chi connectivity index (χ3n) is 7.94. The highest BCUT2D eigenvalue weighted by Crippen LogP contribution is 2.47. The molecule has 5 rings (SSSR count). The molecule has 0 saturated carbocycles. The lowest BCUT2D eigenvalue weighted by molar-refractivity contribution is -0.126. The maximum Gasteiger partial charge on any atom is 0.264 e. The molecular formula is C33H33Cl4N3O3S. The van der Waals surface area contributed by atoms with Crippen molar-refractivity contribution in [3.8, 4) is 21.6 Å². The van der Waals surface area contributed by atoms with E-state index in [1.54, 1.807) is 17.0 Å². The average molecular weight is 694 g/mol. The van der Waals surface area contributed by atoms with Crippen LogP contribution >= 0.6 is 58.5 Å². The molecule has 1 aliphatic rings. The van der Waals surface area contributed by atoms with E-state index < -0.39 is 11.4 Å². The van der Waals surface area contributed by atoms with E-state index in [1.165, 1.54) is 11.3 Å². The summed E-state index contributed by atoms with van der Waals surface area (Å²) in [4.78, 5) is 30.1. The minimum absolute atomic E-state index is 0. The Morgan fingerprint density at radius 1 is 0.955 bits per heavy atom. The summed E-state index contributed by atoms with van der Waals surface area (Å²) >= 11 is 20.5. The molecule has 0 radical (unpaired) electrons. The molecule has 2 heterocycles. The molecule has 2 amide bonds. The number of nitrogens with one attached hydrogen (secondary N) is 1. The number of primary amides is 1. The molecule has 0 spiro atoms. The third kappa shape index (κ3) is 7.43. The van der Waals surface area contributed by atoms with Crippen LogP contribution in [0.4, 0.5) is 0 Å². The lowest BCUT2D eigenvalue weighted by atomic mass is 9.86. The summed E-state index contributed by atoms with van der Waals surface area (Å²) in [6, 6.07) is 22.6. The van der Waals surface area contributed by atoms with Crippen LogP contribution in [0.3, 0.4) is 0 Å². The van der Waals surface area contributed by atoms with Crippen molar-refractivity contribution in [1.29, 1.82) is 0 Å². The van der Waals surface area contributed by atoms with Gasteiger partial charge >= 0.3 is 0 Å². The molecular weight excluding hydrogens is 660 g/mol. The number of hydrogen-bond acceptors (Lipinski definition) is 5. The number of nitrogens with zero attached hydrogens (tertiary/aromatic N) is 1. The molecule has 4 N–H and O–H groups in total. The minimum atomic E-state index is -0.905. The zero-order valence-electron chi connectivity index (χ0n) is 23.8. The Morgan fingerprint density at radius 2 is 1.61 bits per heavy atom. The van der Waals surface area contributed by atoms with Crippen LogP contribution in [-0.4, -0.2) is 47.1 Å². The quantitative estimate of drug-likeness (QED) is 0.159. The van der Waals surface area contributed by atoms with Crippen LogP contribution in [0.15, 0.2) is 72.8 Å². The fraction of sp³-hybridized carbons (Fsp3) is 0.273. The van der Waals surface area contributed by atoms with E-state index in [0.717, 1.165) is 32.7 Å². The van der Waals surface area contributed by atoms with Crippen molar-refractivity contribution in [3.05, 3.63) is 104 Å². The first kappa shape index (κ1) is 34.3. The van der Waals surface area contributed by atoms with Crippen molar-refractivity contribution in [2.24, 2.45) is 5.73 Å². The lowest BCUT2D eigenvalue weighted by Gasteiger charge is -2.40. The topological polar surface area (TPSA) is 95.7 Å². The number of aliphatic hydroxyl groups excluding tert-OH is 1. The van der Waals surface area contributed by atoms with Gasteiger partial charge in [0.1, 0.15) is 5.54 Å². The first-order valence-electron chi connectivity index (χ1n) is 14.1. The van der Waals surface area contributed by atoms with E-state index in [2.05, 4.69) is 5.32 Å². The number of nitrogens with two attached hydrogens (primary N) is 1. The van der Waals surface area contributed by atoms with Crippen molar-refractivity contribution in [2.75, 3.05) is 19.7 Å². The van der Waals surface area contributed by atoms with Crippen LogP contribution in [0.1, 0.15) is 40.1 Å². The summed E-state index contributed by atoms with van der Waals surface area (Å²) in [5, 5.41) is 14.7. The second kappa shape index (κ2) is 15.1. The van der Waals surface area contributed by atoms with E-state index in [0.29, 0.717) is 65.3 Å². The molecule has 1 saturated heterocycles. The van der Waals surface area contributed by atoms with Crippen molar-refractivity contribution < 1.29 is 14.7 Å². The number of rotatable bonds is 10. The molecule has 6 nitrogen and oxygen atoms in total. The zero-order valence-corrected chi connectivity index (χ0v) is 27.7. The smallest absolute Gasteiger partial charge is 0.264 e. The van der Waals surface area contributed by atoms with E-state index in [1.807, 2.05) is 60.7 Å². The van der Waals surface area contributed by atoms with E-state index >= 15 is 0 Å². The first-order chi connectivity index (χ1) is 20.7. The van der Waals surface area contributed by atoms with Gasteiger partial charge in [-0.3, -0.25) is 14.9 Å². The number of amides is 2. The van der Waals surface area contributed by atoms with Gasteiger partial charge in [-0.1, -0.05) is 83.3 Å². The van der Waals surface area contributed by atoms with Crippen molar-refractivity contribution >= 4 is 70.4 Å². The molecule has 0 aliphatic carbocycles. The van der Waals surface area contributed by atoms with Gasteiger partial charge in [0.05, 0.1) is 9.90 Å². The van der Waals surface area contributed by atoms with Crippen molar-refractivity contribution in [3.63, 3.8) is 0 Å². The fourth-order valence-electron chi connectivity index (χ4n) is 5.53. The third-order valence-corrected chi connectivity index (χ3v) is 10.00. The summed E-state index contributed by atoms with van der Waals surface area (Å²) in [7, 11) is 0. The monoisotopic (exact) mass is 691 g/mol. The van der Waals surface area contributed by atoms with Crippen LogP contribution in [0.2, 0.25) is 15.1 Å². The number of benzene rings is 3. The molecule has 0 atom stereocenters. The number of carbonyl (C=O) groups is 2. The Labute approximate surface area is 282 Å². The van der Waals surface area contributed by atoms with E-state index in [9.17, 15) is 14.7 Å². The predicted molar refractivity (Wildman–Crippen MR) is 183 cm³/mol. The molecule has 3 aromatic carbocycles. The van der Waals surface area contributed by atoms with Crippen LogP contribution in [0.25, 0.3) is 21.6 Å². The standard InChI is InChI=1S/C33H32Cl3N3O3S.ClH/c34-23-10-8-22(9-11-23)28-26(7-4-18-40)30(43-29(28)25-13-12-24(35)19-27(25)36)31(41)39-16-14-33(15-17-39,32(37)42)38-20-21-5-2-1-3-6-21;/h1-3,5-6,8-13,19,38,40H,4,7,14-18,20H2,(H2,37,42);1H. The second-order valence-corrected chi connectivity index (χ2v) is 13.0. The molecule has 0 unspecified atom stereocenters. The Balaban J connectivity index is 0.00000442. The normalized spacial score (nSPS) is 14.2. The predicted octanol–water partition coefficient (Wildman–Crippen LogP) is 7.64. The van der Waals surface area contributed by atoms with Crippen LogP contribution in [0.5, 0.6) is 0 Å². The summed E-state index contributed by atoms with van der Waals surface area (Å²) in [5.74, 6) is -0.536. The Morgan fingerprint density at radius 3 is 2.23 bits per heavy atom. The fourth-order valence-corrected chi connectivity index (χ4v) is 7.59. The molecule has 232 valence electrons. The largest absolute Gasteiger partial charge is 0.396 e. The number of thiophene rings is 1. The Hall–Kier alpha value is -2.62. The molecule has 1 aromatic heterocycles. The first-order valence-corrected chi connectivity index (χ1v) is 16.0. The van der Waals surface area contributed by atoms with Gasteiger partial charge in [-0.15, -0.1) is 23.7 Å². The lowest BCUT2D eigenvalue weighted by Crippen LogP contribution is -2.61. The summed E-state index contributed by atoms with van der Waals surface area (Å²) in [6.07, 6.45) is 1.78. The zero-order chi connectivity index (χ0) is 30.6. The summed E-state index contributed by atoms with van der Waals surface area (Å²) in [5.41, 5.74) is 9.45. The SMILES string of the molecule is Cl.NC(=O)C1(NCc2ccccc2)CCN(C(=O)c2sc(-c3ccc(Cl)cc3Cl)c(-c3ccc(Cl)cc3)c2CCCO)CC1. The van der Waals surface area contributed by atoms with Crippen molar-refractivity contribution in [1.82, 2.24) is 10.2 Å². The number of halogens is 4. The molecule has 1 fully saturated rings. The Bertz CT molecular complexity index is 1600. The van der Waals surface area contributed by atoms with Gasteiger partial charge in [-0.05, 0) is 66.6 Å². The van der Waals surface area contributed by atoms with Gasteiger partial charge in [-0.2, -0.15) is 0 Å². The number of piperidine rings is 1. The summed E-state index contributed by atoms with van der Waals surface area (Å²) < 4.78 is 0. The van der Waals surface area contributed by atoms with Gasteiger partial charge in [-0.25, -0.2) is 0 Å². The van der Waals surface area contributed by atoms with Crippen LogP contribution < -0.4 is 11.1 Å². The average Bonchev–Trinajstić information content (AvgIpc) is 3.38. The van der Waals surface area contributed by atoms with Gasteiger partial charge in [0.2, 0.25) is 5.91 Å².